The predicted octanol–water partition coefficient (Wildman–Crippen LogP) is 5.58. The predicted molar refractivity (Wildman–Crippen MR) is 78.0 cm³/mol. The zero-order chi connectivity index (χ0) is 16.2. The number of alkyl halides is 3. The lowest BCUT2D eigenvalue weighted by Gasteiger charge is -2.28. The van der Waals surface area contributed by atoms with Crippen molar-refractivity contribution in [2.75, 3.05) is 6.61 Å². The maximum Gasteiger partial charge on any atom is 0.412 e. The van der Waals surface area contributed by atoms with Crippen LogP contribution in [0.4, 0.5) is 17.6 Å². The molecule has 0 amide bonds. The van der Waals surface area contributed by atoms with Crippen LogP contribution < -0.4 is 0 Å². The van der Waals surface area contributed by atoms with Gasteiger partial charge in [-0.05, 0) is 37.5 Å². The molecule has 5 heteroatoms. The van der Waals surface area contributed by atoms with Gasteiger partial charge in [-0.25, -0.2) is 4.39 Å². The molecule has 1 saturated heterocycles. The van der Waals surface area contributed by atoms with E-state index in [-0.39, 0.29) is 12.0 Å². The summed E-state index contributed by atoms with van der Waals surface area (Å²) in [6.07, 6.45) is 4.27. The highest BCUT2D eigenvalue weighted by Crippen LogP contribution is 2.31. The average molecular weight is 320 g/mol. The van der Waals surface area contributed by atoms with E-state index in [2.05, 4.69) is 19.1 Å². The molecule has 0 radical (unpaired) electrons. The van der Waals surface area contributed by atoms with Crippen molar-refractivity contribution in [3.05, 3.63) is 24.1 Å². The molecule has 0 N–H and O–H groups in total. The van der Waals surface area contributed by atoms with Gasteiger partial charge in [-0.15, -0.1) is 0 Å². The SMILES string of the molecule is CC1CCC(/C=C/C2CCC(/C(F)=C/C(F)(F)F)OC2)CC1. The van der Waals surface area contributed by atoms with Crippen molar-refractivity contribution in [2.24, 2.45) is 17.8 Å². The van der Waals surface area contributed by atoms with Crippen molar-refractivity contribution < 1.29 is 22.3 Å². The second kappa shape index (κ2) is 7.62. The van der Waals surface area contributed by atoms with Crippen LogP contribution in [0.2, 0.25) is 0 Å². The molecule has 1 nitrogen and oxygen atoms in total. The topological polar surface area (TPSA) is 9.23 Å². The van der Waals surface area contributed by atoms with Gasteiger partial charge in [-0.2, -0.15) is 13.2 Å². The molecule has 22 heavy (non-hydrogen) atoms. The fourth-order valence-electron chi connectivity index (χ4n) is 3.18. The molecule has 2 rings (SSSR count). The first-order valence-electron chi connectivity index (χ1n) is 8.08. The van der Waals surface area contributed by atoms with Crippen LogP contribution in [0.5, 0.6) is 0 Å². The Morgan fingerprint density at radius 2 is 1.55 bits per heavy atom. The molecule has 2 unspecified atom stereocenters. The van der Waals surface area contributed by atoms with Crippen molar-refractivity contribution in [2.45, 2.75) is 57.7 Å². The molecule has 0 aromatic rings. The highest BCUT2D eigenvalue weighted by molar-refractivity contribution is 5.05. The Morgan fingerprint density at radius 3 is 2.09 bits per heavy atom. The molecule has 0 aromatic heterocycles. The normalized spacial score (nSPS) is 35.0. The highest BCUT2D eigenvalue weighted by atomic mass is 19.4. The van der Waals surface area contributed by atoms with Crippen LogP contribution in [-0.4, -0.2) is 18.9 Å². The lowest BCUT2D eigenvalue weighted by molar-refractivity contribution is -0.0843. The maximum absolute atomic E-state index is 13.4. The first kappa shape index (κ1) is 17.5. The zero-order valence-electron chi connectivity index (χ0n) is 12.9. The maximum atomic E-state index is 13.4. The largest absolute Gasteiger partial charge is 0.412 e. The van der Waals surface area contributed by atoms with Gasteiger partial charge >= 0.3 is 6.18 Å². The van der Waals surface area contributed by atoms with Crippen LogP contribution in [0.1, 0.15) is 45.4 Å². The Bertz CT molecular complexity index is 397. The fraction of sp³-hybridized carbons (Fsp3) is 0.765. The molecule has 0 bridgehead atoms. The Balaban J connectivity index is 1.76. The van der Waals surface area contributed by atoms with Crippen molar-refractivity contribution in [3.63, 3.8) is 0 Å². The lowest BCUT2D eigenvalue weighted by Crippen LogP contribution is -2.26. The summed E-state index contributed by atoms with van der Waals surface area (Å²) in [4.78, 5) is 0. The van der Waals surface area contributed by atoms with Gasteiger partial charge in [0.1, 0.15) is 11.9 Å². The molecule has 2 fully saturated rings. The van der Waals surface area contributed by atoms with Crippen molar-refractivity contribution >= 4 is 0 Å². The number of hydrogen-bond donors (Lipinski definition) is 0. The number of hydrogen-bond acceptors (Lipinski definition) is 1. The number of halogens is 4. The monoisotopic (exact) mass is 320 g/mol. The third-order valence-corrected chi connectivity index (χ3v) is 4.64. The van der Waals surface area contributed by atoms with Crippen LogP contribution >= 0.6 is 0 Å². The minimum atomic E-state index is -4.62. The molecule has 1 heterocycles. The summed E-state index contributed by atoms with van der Waals surface area (Å²) in [5, 5.41) is 0. The summed E-state index contributed by atoms with van der Waals surface area (Å²) in [6, 6.07) is 0. The van der Waals surface area contributed by atoms with E-state index in [1.54, 1.807) is 0 Å². The molecular weight excluding hydrogens is 296 g/mol. The number of ether oxygens (including phenoxy) is 1. The van der Waals surface area contributed by atoms with E-state index in [9.17, 15) is 17.6 Å². The van der Waals surface area contributed by atoms with Crippen LogP contribution in [-0.2, 0) is 4.74 Å². The molecular formula is C17H24F4O. The molecule has 126 valence electrons. The van der Waals surface area contributed by atoms with Gasteiger partial charge in [0, 0.05) is 5.92 Å². The lowest BCUT2D eigenvalue weighted by atomic mass is 9.82. The first-order chi connectivity index (χ1) is 10.3. The van der Waals surface area contributed by atoms with Crippen molar-refractivity contribution in [1.82, 2.24) is 0 Å². The van der Waals surface area contributed by atoms with E-state index in [1.165, 1.54) is 25.7 Å². The van der Waals surface area contributed by atoms with E-state index in [1.807, 2.05) is 0 Å². The van der Waals surface area contributed by atoms with Gasteiger partial charge in [0.15, 0.2) is 0 Å². The summed E-state index contributed by atoms with van der Waals surface area (Å²) >= 11 is 0. The molecule has 1 aliphatic carbocycles. The molecule has 1 aliphatic heterocycles. The number of allylic oxidation sites excluding steroid dienone is 2. The highest BCUT2D eigenvalue weighted by Gasteiger charge is 2.30. The zero-order valence-corrected chi connectivity index (χ0v) is 12.9. The molecule has 2 atom stereocenters. The Morgan fingerprint density at radius 1 is 0.955 bits per heavy atom. The molecule has 2 aliphatic rings. The Kier molecular flexibility index (Phi) is 6.07. The quantitative estimate of drug-likeness (QED) is 0.487. The van der Waals surface area contributed by atoms with Gasteiger partial charge in [0.25, 0.3) is 0 Å². The first-order valence-corrected chi connectivity index (χ1v) is 8.08. The van der Waals surface area contributed by atoms with Crippen LogP contribution in [0.3, 0.4) is 0 Å². The number of rotatable bonds is 3. The third kappa shape index (κ3) is 5.75. The van der Waals surface area contributed by atoms with Crippen LogP contribution in [0.25, 0.3) is 0 Å². The average Bonchev–Trinajstić information content (AvgIpc) is 2.45. The fourth-order valence-corrected chi connectivity index (χ4v) is 3.18. The van der Waals surface area contributed by atoms with Crippen molar-refractivity contribution in [3.8, 4) is 0 Å². The molecule has 1 saturated carbocycles. The van der Waals surface area contributed by atoms with Gasteiger partial charge in [0.05, 0.1) is 12.7 Å². The van der Waals surface area contributed by atoms with Crippen LogP contribution in [0, 0.1) is 17.8 Å². The van der Waals surface area contributed by atoms with Gasteiger partial charge in [0.2, 0.25) is 0 Å². The molecule has 0 aromatic carbocycles. The molecule has 0 spiro atoms. The van der Waals surface area contributed by atoms with E-state index in [4.69, 9.17) is 4.74 Å². The summed E-state index contributed by atoms with van der Waals surface area (Å²) in [7, 11) is 0. The Labute approximate surface area is 129 Å². The second-order valence-electron chi connectivity index (χ2n) is 6.64. The smallest absolute Gasteiger partial charge is 0.371 e. The summed E-state index contributed by atoms with van der Waals surface area (Å²) < 4.78 is 55.0. The second-order valence-corrected chi connectivity index (χ2v) is 6.64. The third-order valence-electron chi connectivity index (χ3n) is 4.64. The summed E-state index contributed by atoms with van der Waals surface area (Å²) in [5.74, 6) is 0.396. The summed E-state index contributed by atoms with van der Waals surface area (Å²) in [5.41, 5.74) is 0. The standard InChI is InChI=1S/C17H24F4O/c1-12-2-4-13(5-3-12)6-7-14-8-9-16(22-11-14)15(18)10-17(19,20)21/h6-7,10,12-14,16H,2-5,8-9,11H2,1H3/b7-6+,15-10-. The minimum Gasteiger partial charge on any atom is -0.371 e. The summed E-state index contributed by atoms with van der Waals surface area (Å²) in [6.45, 7) is 2.57. The van der Waals surface area contributed by atoms with Gasteiger partial charge in [-0.3, -0.25) is 0 Å². The van der Waals surface area contributed by atoms with Crippen LogP contribution in [0.15, 0.2) is 24.1 Å². The van der Waals surface area contributed by atoms with E-state index >= 15 is 0 Å². The van der Waals surface area contributed by atoms with Gasteiger partial charge < -0.3 is 4.74 Å². The van der Waals surface area contributed by atoms with Crippen molar-refractivity contribution in [1.29, 1.82) is 0 Å². The Hall–Kier alpha value is -0.840. The van der Waals surface area contributed by atoms with E-state index in [0.717, 1.165) is 5.92 Å². The minimum absolute atomic E-state index is 0.189. The van der Waals surface area contributed by atoms with E-state index < -0.39 is 18.1 Å². The van der Waals surface area contributed by atoms with E-state index in [0.29, 0.717) is 25.4 Å². The van der Waals surface area contributed by atoms with Gasteiger partial charge in [-0.1, -0.05) is 31.9 Å².